The maximum Gasteiger partial charge on any atom is 0.169 e. The number of rotatable bonds is 9. The van der Waals surface area contributed by atoms with Crippen LogP contribution in [0.5, 0.6) is 5.75 Å². The van der Waals surface area contributed by atoms with Crippen molar-refractivity contribution in [1.29, 1.82) is 0 Å². The number of hydrogen-bond donors (Lipinski definition) is 0. The van der Waals surface area contributed by atoms with Gasteiger partial charge in [0, 0.05) is 30.5 Å². The van der Waals surface area contributed by atoms with Crippen molar-refractivity contribution >= 4 is 28.6 Å². The van der Waals surface area contributed by atoms with Gasteiger partial charge >= 0.3 is 0 Å². The van der Waals surface area contributed by atoms with E-state index in [2.05, 4.69) is 10.6 Å². The zero-order valence-corrected chi connectivity index (χ0v) is 16.7. The number of fused-ring (bicyclic) bond motifs is 1. The van der Waals surface area contributed by atoms with E-state index < -0.39 is 0 Å². The lowest BCUT2D eigenvalue weighted by molar-refractivity contribution is 0.101. The summed E-state index contributed by atoms with van der Waals surface area (Å²) in [6.07, 6.45) is 0. The van der Waals surface area contributed by atoms with Crippen LogP contribution >= 0.6 is 11.8 Å². The Hall–Kier alpha value is -2.31. The van der Waals surface area contributed by atoms with E-state index in [1.807, 2.05) is 43.3 Å². The van der Waals surface area contributed by atoms with E-state index in [-0.39, 0.29) is 5.78 Å². The number of benzene rings is 2. The smallest absolute Gasteiger partial charge is 0.169 e. The molecule has 0 aliphatic heterocycles. The summed E-state index contributed by atoms with van der Waals surface area (Å²) in [5, 5.41) is 0.934. The second-order valence-corrected chi connectivity index (χ2v) is 7.07. The Morgan fingerprint density at radius 2 is 2.04 bits per heavy atom. The third kappa shape index (κ3) is 4.51. The molecule has 0 unspecified atom stereocenters. The van der Waals surface area contributed by atoms with Crippen molar-refractivity contribution in [2.45, 2.75) is 31.3 Å². The number of ether oxygens (including phenoxy) is 2. The number of methoxy groups -OCH3 is 1. The average molecular weight is 385 g/mol. The number of imidazole rings is 1. The average Bonchev–Trinajstić information content (AvgIpc) is 3.03. The number of carbonyl (C=O) groups is 1. The summed E-state index contributed by atoms with van der Waals surface area (Å²) in [5.41, 5.74) is 3.76. The quantitative estimate of drug-likeness (QED) is 0.399. The predicted molar refractivity (Wildman–Crippen MR) is 109 cm³/mol. The van der Waals surface area contributed by atoms with Gasteiger partial charge in [-0.3, -0.25) is 4.79 Å². The largest absolute Gasteiger partial charge is 0.494 e. The Morgan fingerprint density at radius 1 is 1.22 bits per heavy atom. The van der Waals surface area contributed by atoms with E-state index in [9.17, 15) is 4.79 Å². The Labute approximate surface area is 163 Å². The molecule has 3 aromatic rings. The van der Waals surface area contributed by atoms with Crippen molar-refractivity contribution in [3.63, 3.8) is 0 Å². The molecule has 0 bridgehead atoms. The van der Waals surface area contributed by atoms with Crippen LogP contribution < -0.4 is 4.74 Å². The molecule has 0 amide bonds. The van der Waals surface area contributed by atoms with Crippen molar-refractivity contribution in [1.82, 2.24) is 9.55 Å². The summed E-state index contributed by atoms with van der Waals surface area (Å²) in [6, 6.07) is 13.7. The first-order valence-corrected chi connectivity index (χ1v) is 9.96. The fourth-order valence-corrected chi connectivity index (χ4v) is 3.93. The van der Waals surface area contributed by atoms with Crippen LogP contribution in [0.2, 0.25) is 0 Å². The SMILES string of the molecule is CCOc1ccc(C(C)=O)cc1CSc1nc2ccccc2n1CCOC. The van der Waals surface area contributed by atoms with E-state index in [0.717, 1.165) is 34.0 Å². The van der Waals surface area contributed by atoms with E-state index >= 15 is 0 Å². The zero-order chi connectivity index (χ0) is 19.2. The molecule has 2 aromatic carbocycles. The van der Waals surface area contributed by atoms with Gasteiger partial charge in [0.25, 0.3) is 0 Å². The van der Waals surface area contributed by atoms with Gasteiger partial charge in [0.15, 0.2) is 10.9 Å². The minimum absolute atomic E-state index is 0.0524. The van der Waals surface area contributed by atoms with Crippen molar-refractivity contribution in [2.24, 2.45) is 0 Å². The highest BCUT2D eigenvalue weighted by molar-refractivity contribution is 7.98. The molecule has 0 aliphatic carbocycles. The molecule has 0 saturated heterocycles. The molecule has 27 heavy (non-hydrogen) atoms. The van der Waals surface area contributed by atoms with Crippen LogP contribution in [-0.2, 0) is 17.0 Å². The van der Waals surface area contributed by atoms with E-state index in [4.69, 9.17) is 14.5 Å². The van der Waals surface area contributed by atoms with Gasteiger partial charge in [-0.2, -0.15) is 0 Å². The third-order valence-electron chi connectivity index (χ3n) is 4.26. The predicted octanol–water partition coefficient (Wildman–Crippen LogP) is 4.58. The molecule has 6 heteroatoms. The summed E-state index contributed by atoms with van der Waals surface area (Å²) in [5.74, 6) is 1.54. The van der Waals surface area contributed by atoms with Crippen LogP contribution in [0.1, 0.15) is 29.8 Å². The van der Waals surface area contributed by atoms with Gasteiger partial charge in [0.2, 0.25) is 0 Å². The van der Waals surface area contributed by atoms with Crippen molar-refractivity contribution in [2.75, 3.05) is 20.3 Å². The molecule has 0 aliphatic rings. The fourth-order valence-electron chi connectivity index (χ4n) is 2.91. The molecule has 1 aromatic heterocycles. The number of nitrogens with zero attached hydrogens (tertiary/aromatic N) is 2. The van der Waals surface area contributed by atoms with E-state index in [1.54, 1.807) is 25.8 Å². The van der Waals surface area contributed by atoms with Crippen LogP contribution in [0.4, 0.5) is 0 Å². The maximum absolute atomic E-state index is 11.8. The first-order valence-electron chi connectivity index (χ1n) is 8.97. The van der Waals surface area contributed by atoms with Gasteiger partial charge in [-0.05, 0) is 44.2 Å². The zero-order valence-electron chi connectivity index (χ0n) is 15.9. The highest BCUT2D eigenvalue weighted by Crippen LogP contribution is 2.31. The van der Waals surface area contributed by atoms with Crippen LogP contribution in [0.25, 0.3) is 11.0 Å². The normalized spacial score (nSPS) is 11.1. The van der Waals surface area contributed by atoms with Crippen molar-refractivity contribution in [3.8, 4) is 5.75 Å². The molecular weight excluding hydrogens is 360 g/mol. The minimum atomic E-state index is 0.0524. The highest BCUT2D eigenvalue weighted by Gasteiger charge is 2.13. The summed E-state index contributed by atoms with van der Waals surface area (Å²) in [4.78, 5) is 16.5. The standard InChI is InChI=1S/C21H24N2O3S/c1-4-26-20-10-9-16(15(2)24)13-17(20)14-27-21-22-18-7-5-6-8-19(18)23(21)11-12-25-3/h5-10,13H,4,11-12,14H2,1-3H3. The number of ketones is 1. The third-order valence-corrected chi connectivity index (χ3v) is 5.29. The van der Waals surface area contributed by atoms with Crippen molar-refractivity contribution < 1.29 is 14.3 Å². The summed E-state index contributed by atoms with van der Waals surface area (Å²) in [6.45, 7) is 5.49. The Bertz CT molecular complexity index is 936. The molecule has 0 saturated carbocycles. The second kappa shape index (κ2) is 9.06. The van der Waals surface area contributed by atoms with Crippen LogP contribution in [0.3, 0.4) is 0 Å². The monoisotopic (exact) mass is 384 g/mol. The number of carbonyl (C=O) groups excluding carboxylic acids is 1. The molecule has 142 valence electrons. The van der Waals surface area contributed by atoms with E-state index in [1.165, 1.54) is 0 Å². The van der Waals surface area contributed by atoms with Crippen LogP contribution in [0.15, 0.2) is 47.6 Å². The van der Waals surface area contributed by atoms with Gasteiger partial charge in [-0.25, -0.2) is 4.98 Å². The number of hydrogen-bond acceptors (Lipinski definition) is 5. The van der Waals surface area contributed by atoms with Gasteiger partial charge < -0.3 is 14.0 Å². The maximum atomic E-state index is 11.8. The van der Waals surface area contributed by atoms with Gasteiger partial charge in [0.1, 0.15) is 5.75 Å². The lowest BCUT2D eigenvalue weighted by Gasteiger charge is -2.12. The van der Waals surface area contributed by atoms with Gasteiger partial charge in [-0.1, -0.05) is 23.9 Å². The summed E-state index contributed by atoms with van der Waals surface area (Å²) in [7, 11) is 1.70. The Kier molecular flexibility index (Phi) is 6.53. The second-order valence-electron chi connectivity index (χ2n) is 6.13. The van der Waals surface area contributed by atoms with Gasteiger partial charge in [0.05, 0.1) is 24.2 Å². The topological polar surface area (TPSA) is 53.3 Å². The molecule has 0 atom stereocenters. The number of Topliss-reactive ketones (excluding diaryl/α,β-unsaturated/α-hetero) is 1. The van der Waals surface area contributed by atoms with Crippen LogP contribution in [0, 0.1) is 0 Å². The fraction of sp³-hybridized carbons (Fsp3) is 0.333. The molecule has 1 heterocycles. The Balaban J connectivity index is 1.90. The van der Waals surface area contributed by atoms with Crippen LogP contribution in [-0.4, -0.2) is 35.7 Å². The molecule has 0 N–H and O–H groups in total. The van der Waals surface area contributed by atoms with Crippen molar-refractivity contribution in [3.05, 3.63) is 53.6 Å². The molecule has 0 spiro atoms. The number of para-hydroxylation sites is 2. The molecule has 0 fully saturated rings. The first kappa shape index (κ1) is 19.5. The lowest BCUT2D eigenvalue weighted by atomic mass is 10.1. The molecule has 5 nitrogen and oxygen atoms in total. The summed E-state index contributed by atoms with van der Waals surface area (Å²) >= 11 is 1.64. The number of thioether (sulfide) groups is 1. The lowest BCUT2D eigenvalue weighted by Crippen LogP contribution is -2.06. The molecular formula is C21H24N2O3S. The molecule has 3 rings (SSSR count). The Morgan fingerprint density at radius 3 is 2.78 bits per heavy atom. The van der Waals surface area contributed by atoms with E-state index in [0.29, 0.717) is 24.5 Å². The highest BCUT2D eigenvalue weighted by atomic mass is 32.2. The van der Waals surface area contributed by atoms with Gasteiger partial charge in [-0.15, -0.1) is 0 Å². The molecule has 0 radical (unpaired) electrons. The first-order chi connectivity index (χ1) is 13.1. The minimum Gasteiger partial charge on any atom is -0.494 e. The summed E-state index contributed by atoms with van der Waals surface area (Å²) < 4.78 is 13.2. The number of aromatic nitrogens is 2.